The van der Waals surface area contributed by atoms with Crippen molar-refractivity contribution in [3.05, 3.63) is 66.5 Å². The maximum atomic E-state index is 14.0. The largest absolute Gasteiger partial charge is 0.323 e. The van der Waals surface area contributed by atoms with Gasteiger partial charge >= 0.3 is 0 Å². The van der Waals surface area contributed by atoms with E-state index in [-0.39, 0.29) is 34.3 Å². The molecular weight excluding hydrogens is 635 g/mol. The van der Waals surface area contributed by atoms with Gasteiger partial charge in [0, 0.05) is 37.7 Å². The van der Waals surface area contributed by atoms with Gasteiger partial charge in [0.2, 0.25) is 11.8 Å². The number of imide groups is 1. The molecule has 0 aromatic heterocycles. The van der Waals surface area contributed by atoms with E-state index < -0.39 is 47.2 Å². The summed E-state index contributed by atoms with van der Waals surface area (Å²) in [6.07, 6.45) is -1.98. The van der Waals surface area contributed by atoms with Gasteiger partial charge in [0.15, 0.2) is 0 Å². The van der Waals surface area contributed by atoms with Crippen molar-refractivity contribution in [3.8, 4) is 0 Å². The molecule has 4 aliphatic heterocycles. The zero-order valence-corrected chi connectivity index (χ0v) is 22.1. The van der Waals surface area contributed by atoms with Crippen LogP contribution < -0.4 is 10.2 Å². The third-order valence-corrected chi connectivity index (χ3v) is 8.74. The summed E-state index contributed by atoms with van der Waals surface area (Å²) >= 11 is 19.4. The molecule has 4 unspecified atom stereocenters. The molecule has 3 fully saturated rings. The van der Waals surface area contributed by atoms with Gasteiger partial charge in [-0.3, -0.25) is 19.3 Å². The average Bonchev–Trinajstić information content (AvgIpc) is 3.44. The second-order valence-electron chi connectivity index (χ2n) is 8.94. The Morgan fingerprint density at radius 1 is 1.03 bits per heavy atom. The van der Waals surface area contributed by atoms with Crippen LogP contribution in [-0.2, 0) is 19.9 Å². The van der Waals surface area contributed by atoms with Crippen molar-refractivity contribution < 1.29 is 23.2 Å². The molecule has 35 heavy (non-hydrogen) atoms. The fourth-order valence-corrected chi connectivity index (χ4v) is 7.95. The van der Waals surface area contributed by atoms with E-state index in [1.165, 1.54) is 12.1 Å². The van der Waals surface area contributed by atoms with Crippen molar-refractivity contribution in [3.63, 3.8) is 0 Å². The first-order valence-electron chi connectivity index (χ1n) is 10.5. The van der Waals surface area contributed by atoms with Gasteiger partial charge in [-0.15, -0.1) is 0 Å². The highest BCUT2D eigenvalue weighted by Crippen LogP contribution is 2.62. The molecule has 3 amide bonds. The molecule has 12 heteroatoms. The smallest absolute Gasteiger partial charge is 0.270 e. The quantitative estimate of drug-likeness (QED) is 0.403. The van der Waals surface area contributed by atoms with Crippen LogP contribution in [0.25, 0.3) is 0 Å². The highest BCUT2D eigenvalue weighted by Gasteiger charge is 2.75. The summed E-state index contributed by atoms with van der Waals surface area (Å²) in [5.41, 5.74) is -0.975. The summed E-state index contributed by atoms with van der Waals surface area (Å²) in [4.78, 5) is 44.1. The first-order chi connectivity index (χ1) is 16.5. The van der Waals surface area contributed by atoms with Gasteiger partial charge in [-0.05, 0) is 36.8 Å². The number of fused-ring (bicyclic) bond motifs is 7. The summed E-state index contributed by atoms with van der Waals surface area (Å²) in [5.74, 6) is -3.85. The third kappa shape index (κ3) is 3.03. The van der Waals surface area contributed by atoms with Crippen LogP contribution >= 0.6 is 55.1 Å². The maximum absolute atomic E-state index is 14.0. The monoisotopic (exact) mass is 645 g/mol. The summed E-state index contributed by atoms with van der Waals surface area (Å²) in [6.45, 7) is -0.250. The summed E-state index contributed by atoms with van der Waals surface area (Å²) in [5, 5.41) is 3.12. The number of nitrogens with one attached hydrogen (secondary N) is 1. The highest BCUT2D eigenvalue weighted by atomic mass is 79.9. The lowest BCUT2D eigenvalue weighted by atomic mass is 9.75. The number of nitrogens with zero attached hydrogens (tertiary/aromatic N) is 2. The van der Waals surface area contributed by atoms with E-state index in [9.17, 15) is 23.2 Å². The van der Waals surface area contributed by atoms with Gasteiger partial charge in [-0.2, -0.15) is 8.78 Å². The van der Waals surface area contributed by atoms with Crippen molar-refractivity contribution >= 4 is 84.2 Å². The van der Waals surface area contributed by atoms with Crippen LogP contribution in [0, 0.1) is 11.8 Å². The Morgan fingerprint density at radius 3 is 2.37 bits per heavy atom. The fourth-order valence-electron chi connectivity index (χ4n) is 6.14. The molecule has 180 valence electrons. The van der Waals surface area contributed by atoms with Crippen molar-refractivity contribution in [1.29, 1.82) is 0 Å². The van der Waals surface area contributed by atoms with Crippen LogP contribution in [-0.4, -0.2) is 35.2 Å². The SMILES string of the molecule is O=C1C2C3CC(=C(F)F)CN3C3(C(=O)Nc4c(Cl)cc(Cl)cc43)C2C(=O)N1c1cc(Br)cc(Br)c1. The number of benzene rings is 2. The molecular formula is C23H13Br2Cl2F2N3O3. The van der Waals surface area contributed by atoms with Crippen molar-refractivity contribution in [2.24, 2.45) is 11.8 Å². The zero-order valence-electron chi connectivity index (χ0n) is 17.4. The number of carbonyl (C=O) groups is 3. The van der Waals surface area contributed by atoms with Crippen molar-refractivity contribution in [1.82, 2.24) is 4.90 Å². The van der Waals surface area contributed by atoms with E-state index in [2.05, 4.69) is 37.2 Å². The molecule has 1 N–H and O–H groups in total. The number of anilines is 2. The molecule has 4 atom stereocenters. The van der Waals surface area contributed by atoms with Gasteiger partial charge < -0.3 is 5.32 Å². The fraction of sp³-hybridized carbons (Fsp3) is 0.261. The Bertz CT molecular complexity index is 1400. The second-order valence-corrected chi connectivity index (χ2v) is 11.6. The summed E-state index contributed by atoms with van der Waals surface area (Å²) < 4.78 is 28.7. The van der Waals surface area contributed by atoms with Gasteiger partial charge in [0.1, 0.15) is 5.54 Å². The number of carbonyl (C=O) groups excluding carboxylic acids is 3. The normalized spacial score (nSPS) is 29.2. The van der Waals surface area contributed by atoms with Crippen LogP contribution in [0.5, 0.6) is 0 Å². The lowest BCUT2D eigenvalue weighted by Crippen LogP contribution is -2.54. The molecule has 0 bridgehead atoms. The van der Waals surface area contributed by atoms with E-state index in [4.69, 9.17) is 23.2 Å². The Hall–Kier alpha value is -1.85. The first kappa shape index (κ1) is 23.5. The van der Waals surface area contributed by atoms with E-state index in [1.54, 1.807) is 23.1 Å². The first-order valence-corrected chi connectivity index (χ1v) is 12.8. The lowest BCUT2D eigenvalue weighted by Gasteiger charge is -2.36. The van der Waals surface area contributed by atoms with Crippen molar-refractivity contribution in [2.75, 3.05) is 16.8 Å². The second kappa shape index (κ2) is 7.82. The minimum Gasteiger partial charge on any atom is -0.323 e. The Morgan fingerprint density at radius 2 is 1.71 bits per heavy atom. The van der Waals surface area contributed by atoms with Gasteiger partial charge in [-0.25, -0.2) is 4.90 Å². The Kier molecular flexibility index (Phi) is 5.26. The molecule has 0 saturated carbocycles. The maximum Gasteiger partial charge on any atom is 0.270 e. The Balaban J connectivity index is 1.60. The number of halogens is 6. The number of rotatable bonds is 1. The minimum atomic E-state index is -1.85. The van der Waals surface area contributed by atoms with Crippen LogP contribution in [0.3, 0.4) is 0 Å². The van der Waals surface area contributed by atoms with E-state index in [1.807, 2.05) is 0 Å². The predicted molar refractivity (Wildman–Crippen MR) is 132 cm³/mol. The van der Waals surface area contributed by atoms with Gasteiger partial charge in [0.05, 0.1) is 28.2 Å². The molecule has 6 rings (SSSR count). The van der Waals surface area contributed by atoms with Crippen LogP contribution in [0.4, 0.5) is 20.2 Å². The molecule has 2 aromatic carbocycles. The van der Waals surface area contributed by atoms with E-state index in [0.29, 0.717) is 20.2 Å². The highest BCUT2D eigenvalue weighted by molar-refractivity contribution is 9.11. The molecule has 4 heterocycles. The van der Waals surface area contributed by atoms with Crippen LogP contribution in [0.2, 0.25) is 10.0 Å². The number of hydrogen-bond donors (Lipinski definition) is 1. The molecule has 1 spiro atoms. The Labute approximate surface area is 224 Å². The molecule has 4 aliphatic rings. The molecule has 0 aliphatic carbocycles. The van der Waals surface area contributed by atoms with Gasteiger partial charge in [-0.1, -0.05) is 55.1 Å². The number of hydrogen-bond acceptors (Lipinski definition) is 4. The average molecular weight is 648 g/mol. The van der Waals surface area contributed by atoms with Gasteiger partial charge in [0.25, 0.3) is 12.0 Å². The summed E-state index contributed by atoms with van der Waals surface area (Å²) in [6, 6.07) is 7.18. The topological polar surface area (TPSA) is 69.7 Å². The molecule has 3 saturated heterocycles. The third-order valence-electron chi connectivity index (χ3n) is 7.31. The lowest BCUT2D eigenvalue weighted by molar-refractivity contribution is -0.135. The molecule has 0 radical (unpaired) electrons. The van der Waals surface area contributed by atoms with Crippen LogP contribution in [0.15, 0.2) is 50.9 Å². The van der Waals surface area contributed by atoms with E-state index in [0.717, 1.165) is 4.90 Å². The number of amides is 3. The van der Waals surface area contributed by atoms with Crippen LogP contribution in [0.1, 0.15) is 12.0 Å². The molecule has 6 nitrogen and oxygen atoms in total. The molecule has 2 aromatic rings. The predicted octanol–water partition coefficient (Wildman–Crippen LogP) is 5.71. The minimum absolute atomic E-state index is 0.128. The standard InChI is InChI=1S/C23H13Br2Cl2F2N3O3/c24-9-2-10(25)4-12(3-9)32-20(33)16-15-1-8(19(28)29)7-31(15)23(17(16)21(32)34)13-5-11(26)6-14(27)18(13)30-22(23)35/h2-6,15-17H,1,7H2,(H,30,35). The summed E-state index contributed by atoms with van der Waals surface area (Å²) in [7, 11) is 0. The van der Waals surface area contributed by atoms with Crippen molar-refractivity contribution in [2.45, 2.75) is 18.0 Å². The zero-order chi connectivity index (χ0) is 25.0. The van der Waals surface area contributed by atoms with E-state index >= 15 is 0 Å².